The Bertz CT molecular complexity index is 2030. The first-order chi connectivity index (χ1) is 50.8. The smallest absolute Gasteiger partial charge is 0.462 e. The minimum Gasteiger partial charge on any atom is -0.462 e. The molecule has 0 bridgehead atoms. The highest BCUT2D eigenvalue weighted by Crippen LogP contribution is 2.45. The fraction of sp³-hybridized carbons (Fsp3) is 0.953. The molecule has 0 aromatic rings. The Labute approximate surface area is 645 Å². The summed E-state index contributed by atoms with van der Waals surface area (Å²) in [6.07, 6.45) is 66.6. The molecule has 0 aromatic heterocycles. The summed E-state index contributed by atoms with van der Waals surface area (Å²) < 4.78 is 68.9. The molecule has 0 aromatic carbocycles. The predicted octanol–water partition coefficient (Wildman–Crippen LogP) is 26.1. The molecule has 0 saturated heterocycles. The number of aliphatic hydroxyl groups is 1. The molecule has 7 atom stereocenters. The van der Waals surface area contributed by atoms with Crippen molar-refractivity contribution in [1.29, 1.82) is 0 Å². The fourth-order valence-corrected chi connectivity index (χ4v) is 14.9. The molecule has 0 fully saturated rings. The SMILES string of the molecule is CCCCCCCCCCCCCCCCCCCCCCCC(=O)O[C@H](COC(=O)CCCCCCCCCCCCCCCCC(C)CC)COP(=O)(O)OC[C@@H](O)COP(=O)(O)OC[C@@H](COC(=O)CCCCCCCCCCCC(C)C)OC(=O)CCCCCCCCCCCCC(C)CC. The third-order valence-electron chi connectivity index (χ3n) is 20.9. The van der Waals surface area contributed by atoms with Crippen LogP contribution in [0.4, 0.5) is 0 Å². The van der Waals surface area contributed by atoms with Crippen LogP contribution in [0.15, 0.2) is 0 Å². The summed E-state index contributed by atoms with van der Waals surface area (Å²) >= 11 is 0. The van der Waals surface area contributed by atoms with Gasteiger partial charge in [-0.2, -0.15) is 0 Å². The van der Waals surface area contributed by atoms with Crippen molar-refractivity contribution >= 4 is 39.5 Å². The van der Waals surface area contributed by atoms with E-state index in [1.54, 1.807) is 0 Å². The summed E-state index contributed by atoms with van der Waals surface area (Å²) in [5.74, 6) is 0.291. The van der Waals surface area contributed by atoms with Crippen LogP contribution in [0.5, 0.6) is 0 Å². The van der Waals surface area contributed by atoms with Crippen molar-refractivity contribution in [3.8, 4) is 0 Å². The van der Waals surface area contributed by atoms with E-state index >= 15 is 0 Å². The van der Waals surface area contributed by atoms with E-state index < -0.39 is 97.5 Å². The number of phosphoric ester groups is 2. The second kappa shape index (κ2) is 76.1. The summed E-state index contributed by atoms with van der Waals surface area (Å²) in [5.41, 5.74) is 0. The monoisotopic (exact) mass is 1540 g/mol. The zero-order valence-corrected chi connectivity index (χ0v) is 71.0. The maximum atomic E-state index is 13.2. The van der Waals surface area contributed by atoms with E-state index in [4.69, 9.17) is 37.0 Å². The van der Waals surface area contributed by atoms with Gasteiger partial charge in [-0.05, 0) is 43.4 Å². The molecule has 105 heavy (non-hydrogen) atoms. The Balaban J connectivity index is 5.25. The number of phosphoric acid groups is 2. The molecule has 0 heterocycles. The van der Waals surface area contributed by atoms with Crippen molar-refractivity contribution < 1.29 is 80.2 Å². The van der Waals surface area contributed by atoms with Crippen LogP contribution in [-0.2, 0) is 65.4 Å². The molecule has 0 aliphatic heterocycles. The molecule has 0 amide bonds. The quantitative estimate of drug-likeness (QED) is 0.0222. The van der Waals surface area contributed by atoms with Crippen LogP contribution in [0.3, 0.4) is 0 Å². The van der Waals surface area contributed by atoms with Gasteiger partial charge in [0, 0.05) is 25.7 Å². The van der Waals surface area contributed by atoms with E-state index in [0.717, 1.165) is 108 Å². The van der Waals surface area contributed by atoms with Gasteiger partial charge in [0.2, 0.25) is 0 Å². The summed E-state index contributed by atoms with van der Waals surface area (Å²) in [6.45, 7) is 12.0. The number of carbonyl (C=O) groups excluding carboxylic acids is 4. The minimum atomic E-state index is -4.97. The second-order valence-electron chi connectivity index (χ2n) is 31.9. The fourth-order valence-electron chi connectivity index (χ4n) is 13.3. The maximum Gasteiger partial charge on any atom is 0.472 e. The van der Waals surface area contributed by atoms with Crippen molar-refractivity contribution in [3.05, 3.63) is 0 Å². The van der Waals surface area contributed by atoms with Gasteiger partial charge >= 0.3 is 39.5 Å². The topological polar surface area (TPSA) is 237 Å². The molecular formula is C86H168O17P2. The van der Waals surface area contributed by atoms with Gasteiger partial charge in [-0.25, -0.2) is 9.13 Å². The highest BCUT2D eigenvalue weighted by Gasteiger charge is 2.30. The molecule has 4 unspecified atom stereocenters. The van der Waals surface area contributed by atoms with Crippen LogP contribution in [0, 0.1) is 17.8 Å². The Hall–Kier alpha value is -1.94. The normalized spacial score (nSPS) is 14.4. The van der Waals surface area contributed by atoms with Gasteiger partial charge in [-0.15, -0.1) is 0 Å². The number of hydrogen-bond acceptors (Lipinski definition) is 15. The third-order valence-corrected chi connectivity index (χ3v) is 22.8. The largest absolute Gasteiger partial charge is 0.472 e. The summed E-state index contributed by atoms with van der Waals surface area (Å²) in [7, 11) is -9.93. The van der Waals surface area contributed by atoms with Gasteiger partial charge in [0.05, 0.1) is 26.4 Å². The van der Waals surface area contributed by atoms with E-state index in [1.165, 1.54) is 263 Å². The standard InChI is InChI=1S/C86H168O17P2/c1-8-11-12-13-14-15-16-17-18-19-20-21-22-23-24-29-32-40-48-55-62-69-85(90)102-81(73-96-83(88)67-60-53-46-39-31-28-26-25-27-30-37-44-51-58-65-78(6)9-2)75-100-104(92,93)98-71-80(87)72-99-105(94,95)101-76-82(74-97-84(89)68-61-54-47-42-35-36-43-50-57-64-77(4)5)103-86(91)70-63-56-49-41-34-33-38-45-52-59-66-79(7)10-3/h77-82,87H,8-76H2,1-7H3,(H,92,93)(H,94,95)/t78?,79?,80-,81-,82-/m1/s1. The molecule has 3 N–H and O–H groups in total. The third kappa shape index (κ3) is 77.2. The van der Waals surface area contributed by atoms with Crippen molar-refractivity contribution in [3.63, 3.8) is 0 Å². The van der Waals surface area contributed by atoms with E-state index in [2.05, 4.69) is 48.5 Å². The Kier molecular flexibility index (Phi) is 74.7. The van der Waals surface area contributed by atoms with E-state index in [1.807, 2.05) is 0 Å². The van der Waals surface area contributed by atoms with Crippen molar-refractivity contribution in [2.24, 2.45) is 17.8 Å². The Morgan fingerprint density at radius 1 is 0.276 bits per heavy atom. The lowest BCUT2D eigenvalue weighted by Gasteiger charge is -2.21. The number of esters is 4. The van der Waals surface area contributed by atoms with Crippen LogP contribution in [0.2, 0.25) is 0 Å². The number of carbonyl (C=O) groups is 4. The van der Waals surface area contributed by atoms with Crippen LogP contribution in [0.25, 0.3) is 0 Å². The Morgan fingerprint density at radius 2 is 0.486 bits per heavy atom. The van der Waals surface area contributed by atoms with Gasteiger partial charge < -0.3 is 33.8 Å². The van der Waals surface area contributed by atoms with Crippen molar-refractivity contribution in [1.82, 2.24) is 0 Å². The highest BCUT2D eigenvalue weighted by atomic mass is 31.2. The summed E-state index contributed by atoms with van der Waals surface area (Å²) in [5, 5.41) is 10.7. The highest BCUT2D eigenvalue weighted by molar-refractivity contribution is 7.47. The van der Waals surface area contributed by atoms with Gasteiger partial charge in [0.15, 0.2) is 12.2 Å². The van der Waals surface area contributed by atoms with Gasteiger partial charge in [0.25, 0.3) is 0 Å². The van der Waals surface area contributed by atoms with Crippen LogP contribution < -0.4 is 0 Å². The molecule has 624 valence electrons. The lowest BCUT2D eigenvalue weighted by atomic mass is 9.99. The van der Waals surface area contributed by atoms with Gasteiger partial charge in [0.1, 0.15) is 19.3 Å². The lowest BCUT2D eigenvalue weighted by Crippen LogP contribution is -2.30. The molecule has 19 heteroatoms. The van der Waals surface area contributed by atoms with Crippen LogP contribution in [-0.4, -0.2) is 96.7 Å². The number of unbranched alkanes of at least 4 members (excludes halogenated alkanes) is 50. The zero-order chi connectivity index (χ0) is 77.2. The zero-order valence-electron chi connectivity index (χ0n) is 69.2. The number of hydrogen-bond donors (Lipinski definition) is 3. The van der Waals surface area contributed by atoms with Crippen LogP contribution >= 0.6 is 15.6 Å². The molecule has 0 radical (unpaired) electrons. The van der Waals surface area contributed by atoms with Crippen molar-refractivity contribution in [2.45, 2.75) is 471 Å². The molecule has 0 aliphatic rings. The van der Waals surface area contributed by atoms with Crippen molar-refractivity contribution in [2.75, 3.05) is 39.6 Å². The number of rotatable bonds is 84. The number of ether oxygens (including phenoxy) is 4. The lowest BCUT2D eigenvalue weighted by molar-refractivity contribution is -0.161. The molecule has 0 rings (SSSR count). The molecule has 0 saturated carbocycles. The van der Waals surface area contributed by atoms with E-state index in [0.29, 0.717) is 25.7 Å². The first-order valence-electron chi connectivity index (χ1n) is 44.4. The summed E-state index contributed by atoms with van der Waals surface area (Å²) in [4.78, 5) is 73.2. The average Bonchev–Trinajstić information content (AvgIpc) is 0.906. The van der Waals surface area contributed by atoms with Gasteiger partial charge in [-0.3, -0.25) is 37.3 Å². The molecule has 0 spiro atoms. The molecule has 17 nitrogen and oxygen atoms in total. The molecule has 0 aliphatic carbocycles. The van der Waals surface area contributed by atoms with Gasteiger partial charge in [-0.1, -0.05) is 402 Å². The summed E-state index contributed by atoms with van der Waals surface area (Å²) in [6, 6.07) is 0. The maximum absolute atomic E-state index is 13.2. The van der Waals surface area contributed by atoms with E-state index in [9.17, 15) is 43.2 Å². The predicted molar refractivity (Wildman–Crippen MR) is 432 cm³/mol. The second-order valence-corrected chi connectivity index (χ2v) is 34.8. The van der Waals surface area contributed by atoms with E-state index in [-0.39, 0.29) is 25.7 Å². The molecular weight excluding hydrogens is 1370 g/mol. The minimum absolute atomic E-state index is 0.106. The number of aliphatic hydroxyl groups excluding tert-OH is 1. The van der Waals surface area contributed by atoms with Crippen LogP contribution in [0.1, 0.15) is 453 Å². The Morgan fingerprint density at radius 3 is 0.724 bits per heavy atom. The first kappa shape index (κ1) is 103. The first-order valence-corrected chi connectivity index (χ1v) is 47.4. The average molecular weight is 1540 g/mol.